The largest absolute Gasteiger partial charge is 0.805 e. The van der Waals surface area contributed by atoms with E-state index in [2.05, 4.69) is 5.32 Å². The number of carbonyl (C=O) groups excluding carboxylic acids is 1. The molecule has 0 spiro atoms. The monoisotopic (exact) mass is 413 g/mol. The Morgan fingerprint density at radius 1 is 0.968 bits per heavy atom. The molecular weight excluding hydrogens is 390 g/mol. The standard InChI is InChI=1S/C25H23N3O3/c1-17-13-14-22-23(15-17)28(31)24(18(2)27(22)30)25(29)26-16-21(19-9-5-3-6-10-19)20-11-7-4-8-12-20/h3-15,21H,16H2,1-2H3,(H,26,29). The van der Waals surface area contributed by atoms with Crippen LogP contribution >= 0.6 is 0 Å². The van der Waals surface area contributed by atoms with Crippen molar-refractivity contribution >= 4 is 16.9 Å². The van der Waals surface area contributed by atoms with Gasteiger partial charge in [-0.05, 0) is 36.6 Å². The van der Waals surface area contributed by atoms with E-state index in [4.69, 9.17) is 0 Å². The molecule has 0 atom stereocenters. The predicted molar refractivity (Wildman–Crippen MR) is 121 cm³/mol. The highest BCUT2D eigenvalue weighted by Gasteiger charge is 2.28. The van der Waals surface area contributed by atoms with E-state index in [9.17, 15) is 14.9 Å². The Bertz CT molecular complexity index is 1260. The summed E-state index contributed by atoms with van der Waals surface area (Å²) in [6, 6.07) is 24.7. The fourth-order valence-electron chi connectivity index (χ4n) is 3.85. The number of aryl methyl sites for hydroxylation is 1. The van der Waals surface area contributed by atoms with Crippen LogP contribution in [0.4, 0.5) is 0 Å². The maximum absolute atomic E-state index is 13.1. The second-order valence-corrected chi connectivity index (χ2v) is 7.60. The van der Waals surface area contributed by atoms with Crippen molar-refractivity contribution in [3.05, 3.63) is 117 Å². The summed E-state index contributed by atoms with van der Waals surface area (Å²) < 4.78 is 1.20. The summed E-state index contributed by atoms with van der Waals surface area (Å²) in [7, 11) is 0. The average molecular weight is 413 g/mol. The van der Waals surface area contributed by atoms with Gasteiger partial charge in [0.15, 0.2) is 0 Å². The molecule has 0 bridgehead atoms. The first-order chi connectivity index (χ1) is 15.0. The number of hydrogen-bond acceptors (Lipinski definition) is 3. The maximum Gasteiger partial charge on any atom is 0.346 e. The van der Waals surface area contributed by atoms with Crippen LogP contribution in [0.15, 0.2) is 78.9 Å². The van der Waals surface area contributed by atoms with Crippen molar-refractivity contribution in [2.45, 2.75) is 19.8 Å². The quantitative estimate of drug-likeness (QED) is 0.501. The molecule has 0 saturated heterocycles. The fourth-order valence-corrected chi connectivity index (χ4v) is 3.85. The number of fused-ring (bicyclic) bond motifs is 1. The van der Waals surface area contributed by atoms with Crippen molar-refractivity contribution in [2.75, 3.05) is 6.54 Å². The zero-order valence-corrected chi connectivity index (χ0v) is 17.4. The third-order valence-electron chi connectivity index (χ3n) is 5.50. The molecule has 156 valence electrons. The van der Waals surface area contributed by atoms with Crippen LogP contribution < -0.4 is 9.74 Å². The van der Waals surface area contributed by atoms with Crippen LogP contribution in [0.25, 0.3) is 11.0 Å². The zero-order valence-electron chi connectivity index (χ0n) is 17.4. The van der Waals surface area contributed by atoms with E-state index >= 15 is 0 Å². The molecule has 0 saturated carbocycles. The van der Waals surface area contributed by atoms with E-state index in [0.29, 0.717) is 9.16 Å². The van der Waals surface area contributed by atoms with Gasteiger partial charge in [0.2, 0.25) is 0 Å². The predicted octanol–water partition coefficient (Wildman–Crippen LogP) is 4.08. The summed E-state index contributed by atoms with van der Waals surface area (Å²) in [5.74, 6) is -0.661. The number of amides is 1. The highest BCUT2D eigenvalue weighted by molar-refractivity contribution is 5.93. The molecule has 31 heavy (non-hydrogen) atoms. The summed E-state index contributed by atoms with van der Waals surface area (Å²) in [5.41, 5.74) is 3.23. The summed E-state index contributed by atoms with van der Waals surface area (Å²) in [6.45, 7) is 3.61. The molecule has 0 unspecified atom stereocenters. The number of nitrogens with one attached hydrogen (secondary N) is 1. The Morgan fingerprint density at radius 2 is 1.55 bits per heavy atom. The first-order valence-corrected chi connectivity index (χ1v) is 10.1. The van der Waals surface area contributed by atoms with E-state index < -0.39 is 5.91 Å². The van der Waals surface area contributed by atoms with Crippen molar-refractivity contribution in [3.8, 4) is 0 Å². The van der Waals surface area contributed by atoms with E-state index in [1.54, 1.807) is 18.2 Å². The Morgan fingerprint density at radius 3 is 2.13 bits per heavy atom. The first kappa shape index (κ1) is 20.3. The van der Waals surface area contributed by atoms with E-state index in [0.717, 1.165) is 16.7 Å². The van der Waals surface area contributed by atoms with Crippen molar-refractivity contribution in [2.24, 2.45) is 0 Å². The molecule has 1 amide bonds. The lowest BCUT2D eigenvalue weighted by atomic mass is 9.91. The van der Waals surface area contributed by atoms with Gasteiger partial charge >= 0.3 is 11.6 Å². The summed E-state index contributed by atoms with van der Waals surface area (Å²) in [5, 5.41) is 15.6. The van der Waals surface area contributed by atoms with Crippen molar-refractivity contribution < 1.29 is 9.22 Å². The van der Waals surface area contributed by atoms with Crippen LogP contribution in [-0.4, -0.2) is 17.2 Å². The van der Waals surface area contributed by atoms with Gasteiger partial charge in [-0.15, -0.1) is 0 Å². The summed E-state index contributed by atoms with van der Waals surface area (Å²) in [4.78, 5) is 26.0. The number of aromatic nitrogens is 2. The molecule has 1 N–H and O–H groups in total. The molecule has 0 aliphatic carbocycles. The van der Waals surface area contributed by atoms with Gasteiger partial charge < -0.3 is 15.3 Å². The average Bonchev–Trinajstić information content (AvgIpc) is 2.79. The minimum absolute atomic E-state index is 0.0693. The number of benzene rings is 3. The Balaban J connectivity index is 1.69. The van der Waals surface area contributed by atoms with Crippen LogP contribution in [0.2, 0.25) is 0 Å². The van der Waals surface area contributed by atoms with Crippen LogP contribution in [0.1, 0.15) is 38.8 Å². The third kappa shape index (κ3) is 3.92. The van der Waals surface area contributed by atoms with Crippen molar-refractivity contribution in [1.82, 2.24) is 10.0 Å². The smallest absolute Gasteiger partial charge is 0.346 e. The fraction of sp³-hybridized carbons (Fsp3) is 0.160. The van der Waals surface area contributed by atoms with Crippen molar-refractivity contribution in [1.29, 1.82) is 0 Å². The molecule has 6 nitrogen and oxygen atoms in total. The SMILES string of the molecule is Cc1ccc2c(c1)[n+](=O)c(C(=O)NCC(c1ccccc1)c1ccccc1)c(C)n2[O-]. The highest BCUT2D eigenvalue weighted by Crippen LogP contribution is 2.24. The lowest BCUT2D eigenvalue weighted by molar-refractivity contribution is -0.468. The molecule has 0 aliphatic rings. The number of hydrogen-bond donors (Lipinski definition) is 1. The van der Waals surface area contributed by atoms with Gasteiger partial charge in [-0.2, -0.15) is 0 Å². The van der Waals surface area contributed by atoms with Crippen molar-refractivity contribution in [3.63, 3.8) is 0 Å². The molecule has 4 aromatic rings. The van der Waals surface area contributed by atoms with Gasteiger partial charge in [-0.1, -0.05) is 66.7 Å². The Labute approximate surface area is 180 Å². The molecule has 4 rings (SSSR count). The molecule has 1 heterocycles. The van der Waals surface area contributed by atoms with Gasteiger partial charge in [0, 0.05) is 23.4 Å². The topological polar surface area (TPSA) is 80.1 Å². The summed E-state index contributed by atoms with van der Waals surface area (Å²) >= 11 is 0. The van der Waals surface area contributed by atoms with E-state index in [1.165, 1.54) is 6.92 Å². The minimum atomic E-state index is -0.572. The molecule has 0 fully saturated rings. The number of carbonyl (C=O) groups is 1. The molecule has 3 aromatic carbocycles. The summed E-state index contributed by atoms with van der Waals surface area (Å²) in [6.07, 6.45) is 0. The lowest BCUT2D eigenvalue weighted by Gasteiger charge is -2.19. The zero-order chi connectivity index (χ0) is 22.0. The maximum atomic E-state index is 13.1. The van der Waals surface area contributed by atoms with Crippen LogP contribution in [0.3, 0.4) is 0 Å². The molecule has 0 aliphatic heterocycles. The first-order valence-electron chi connectivity index (χ1n) is 10.1. The third-order valence-corrected chi connectivity index (χ3v) is 5.50. The second-order valence-electron chi connectivity index (χ2n) is 7.60. The minimum Gasteiger partial charge on any atom is -0.805 e. The molecule has 1 aromatic heterocycles. The highest BCUT2D eigenvalue weighted by atomic mass is 16.5. The second kappa shape index (κ2) is 8.44. The number of nitrogens with zero attached hydrogens (tertiary/aromatic N) is 2. The molecule has 6 heteroatoms. The Hall–Kier alpha value is -3.93. The van der Waals surface area contributed by atoms with Crippen LogP contribution in [0, 0.1) is 24.0 Å². The van der Waals surface area contributed by atoms with Gasteiger partial charge in [0.05, 0.1) is 10.1 Å². The van der Waals surface area contributed by atoms with Gasteiger partial charge in [-0.25, -0.2) is 0 Å². The van der Waals surface area contributed by atoms with Crippen LogP contribution in [-0.2, 0) is 0 Å². The number of rotatable bonds is 5. The van der Waals surface area contributed by atoms with E-state index in [1.807, 2.05) is 67.6 Å². The normalized spacial score (nSPS) is 11.1. The molecule has 0 radical (unpaired) electrons. The van der Waals surface area contributed by atoms with Gasteiger partial charge in [0.1, 0.15) is 5.52 Å². The van der Waals surface area contributed by atoms with Gasteiger partial charge in [0.25, 0.3) is 5.52 Å². The Kier molecular flexibility index (Phi) is 5.54. The molecular formula is C25H23N3O3. The van der Waals surface area contributed by atoms with E-state index in [-0.39, 0.29) is 34.9 Å². The van der Waals surface area contributed by atoms with Gasteiger partial charge in [-0.3, -0.25) is 4.79 Å². The lowest BCUT2D eigenvalue weighted by Crippen LogP contribution is -2.38. The van der Waals surface area contributed by atoms with Crippen LogP contribution in [0.5, 0.6) is 0 Å².